The van der Waals surface area contributed by atoms with Crippen molar-refractivity contribution >= 4 is 16.9 Å². The zero-order valence-corrected chi connectivity index (χ0v) is 10.1. The Morgan fingerprint density at radius 1 is 0.842 bits per heavy atom. The summed E-state index contributed by atoms with van der Waals surface area (Å²) >= 11 is 0. The highest BCUT2D eigenvalue weighted by molar-refractivity contribution is 5.99. The Morgan fingerprint density at radius 3 is 2.05 bits per heavy atom. The van der Waals surface area contributed by atoms with E-state index in [1.807, 2.05) is 54.6 Å². The topological polar surface area (TPSA) is 68.9 Å². The molecule has 0 saturated carbocycles. The third-order valence-electron chi connectivity index (χ3n) is 2.85. The third-order valence-corrected chi connectivity index (χ3v) is 2.85. The molecule has 0 radical (unpaired) electrons. The van der Waals surface area contributed by atoms with Crippen molar-refractivity contribution in [3.63, 3.8) is 0 Å². The Balaban J connectivity index is 2.33. The van der Waals surface area contributed by atoms with Crippen LogP contribution in [-0.4, -0.2) is 15.9 Å². The Hall–Kier alpha value is -2.75. The van der Waals surface area contributed by atoms with E-state index in [-0.39, 0.29) is 5.69 Å². The SMILES string of the molecule is NC(=O)c1nc2ccccc2nc1-c1ccccc1. The van der Waals surface area contributed by atoms with Crippen LogP contribution in [0.15, 0.2) is 54.6 Å². The summed E-state index contributed by atoms with van der Waals surface area (Å²) in [4.78, 5) is 20.4. The van der Waals surface area contributed by atoms with Gasteiger partial charge in [0.25, 0.3) is 5.91 Å². The van der Waals surface area contributed by atoms with E-state index in [2.05, 4.69) is 9.97 Å². The van der Waals surface area contributed by atoms with Crippen LogP contribution in [0.3, 0.4) is 0 Å². The van der Waals surface area contributed by atoms with Crippen LogP contribution in [0.2, 0.25) is 0 Å². The second kappa shape index (κ2) is 4.49. The molecule has 19 heavy (non-hydrogen) atoms. The number of para-hydroxylation sites is 2. The summed E-state index contributed by atoms with van der Waals surface area (Å²) in [6.45, 7) is 0. The highest BCUT2D eigenvalue weighted by atomic mass is 16.1. The zero-order chi connectivity index (χ0) is 13.2. The summed E-state index contributed by atoms with van der Waals surface area (Å²) in [5.41, 5.74) is 8.35. The molecule has 0 aliphatic rings. The molecule has 0 atom stereocenters. The van der Waals surface area contributed by atoms with Gasteiger partial charge >= 0.3 is 0 Å². The molecule has 1 aromatic heterocycles. The number of aromatic nitrogens is 2. The first-order valence-corrected chi connectivity index (χ1v) is 5.88. The lowest BCUT2D eigenvalue weighted by Crippen LogP contribution is -2.15. The van der Waals surface area contributed by atoms with Crippen molar-refractivity contribution in [3.05, 3.63) is 60.3 Å². The number of nitrogens with two attached hydrogens (primary N) is 1. The average Bonchev–Trinajstić information content (AvgIpc) is 2.46. The number of amides is 1. The number of benzene rings is 2. The zero-order valence-electron chi connectivity index (χ0n) is 10.1. The van der Waals surface area contributed by atoms with E-state index in [1.54, 1.807) is 0 Å². The first kappa shape index (κ1) is 11.3. The van der Waals surface area contributed by atoms with Crippen LogP contribution in [0.25, 0.3) is 22.3 Å². The van der Waals surface area contributed by atoms with Crippen LogP contribution in [0.4, 0.5) is 0 Å². The van der Waals surface area contributed by atoms with Crippen LogP contribution < -0.4 is 5.73 Å². The molecule has 1 heterocycles. The van der Waals surface area contributed by atoms with Crippen LogP contribution >= 0.6 is 0 Å². The molecule has 0 spiro atoms. The lowest BCUT2D eigenvalue weighted by molar-refractivity contribution is 0.0996. The number of carbonyl (C=O) groups is 1. The maximum absolute atomic E-state index is 11.6. The van der Waals surface area contributed by atoms with Crippen molar-refractivity contribution in [2.75, 3.05) is 0 Å². The summed E-state index contributed by atoms with van der Waals surface area (Å²) in [7, 11) is 0. The van der Waals surface area contributed by atoms with E-state index < -0.39 is 5.91 Å². The van der Waals surface area contributed by atoms with Gasteiger partial charge in [-0.2, -0.15) is 0 Å². The quantitative estimate of drug-likeness (QED) is 0.758. The number of carbonyl (C=O) groups excluding carboxylic acids is 1. The molecule has 0 fully saturated rings. The van der Waals surface area contributed by atoms with Crippen LogP contribution in [0, 0.1) is 0 Å². The highest BCUT2D eigenvalue weighted by Gasteiger charge is 2.14. The monoisotopic (exact) mass is 249 g/mol. The summed E-state index contributed by atoms with van der Waals surface area (Å²) < 4.78 is 0. The predicted octanol–water partition coefficient (Wildman–Crippen LogP) is 2.40. The highest BCUT2D eigenvalue weighted by Crippen LogP contribution is 2.22. The van der Waals surface area contributed by atoms with Crippen molar-refractivity contribution in [2.24, 2.45) is 5.73 Å². The first-order valence-electron chi connectivity index (χ1n) is 5.88. The van der Waals surface area contributed by atoms with Gasteiger partial charge in [0.15, 0.2) is 5.69 Å². The number of rotatable bonds is 2. The molecule has 1 amide bonds. The van der Waals surface area contributed by atoms with Gasteiger partial charge in [0.1, 0.15) is 5.69 Å². The van der Waals surface area contributed by atoms with Gasteiger partial charge in [-0.15, -0.1) is 0 Å². The molecule has 4 nitrogen and oxygen atoms in total. The van der Waals surface area contributed by atoms with E-state index in [4.69, 9.17) is 5.73 Å². The minimum absolute atomic E-state index is 0.199. The van der Waals surface area contributed by atoms with Crippen molar-refractivity contribution in [2.45, 2.75) is 0 Å². The van der Waals surface area contributed by atoms with E-state index in [9.17, 15) is 4.79 Å². The minimum Gasteiger partial charge on any atom is -0.364 e. The summed E-state index contributed by atoms with van der Waals surface area (Å²) in [6, 6.07) is 16.8. The fourth-order valence-electron chi connectivity index (χ4n) is 1.97. The molecule has 3 rings (SSSR count). The van der Waals surface area contributed by atoms with Gasteiger partial charge in [0.05, 0.1) is 11.0 Å². The van der Waals surface area contributed by atoms with Crippen molar-refractivity contribution in [3.8, 4) is 11.3 Å². The second-order valence-electron chi connectivity index (χ2n) is 4.14. The van der Waals surface area contributed by atoms with Gasteiger partial charge in [0.2, 0.25) is 0 Å². The Morgan fingerprint density at radius 2 is 1.42 bits per heavy atom. The van der Waals surface area contributed by atoms with Crippen molar-refractivity contribution in [1.29, 1.82) is 0 Å². The molecule has 2 aromatic carbocycles. The Labute approximate surface area is 109 Å². The number of nitrogens with zero attached hydrogens (tertiary/aromatic N) is 2. The molecule has 0 saturated heterocycles. The smallest absolute Gasteiger partial charge is 0.269 e. The number of fused-ring (bicyclic) bond motifs is 1. The molecule has 0 aliphatic carbocycles. The molecule has 0 unspecified atom stereocenters. The summed E-state index contributed by atoms with van der Waals surface area (Å²) in [5.74, 6) is -0.572. The molecule has 4 heteroatoms. The summed E-state index contributed by atoms with van der Waals surface area (Å²) in [5, 5.41) is 0. The molecule has 0 aliphatic heterocycles. The van der Waals surface area contributed by atoms with E-state index in [0.29, 0.717) is 11.2 Å². The largest absolute Gasteiger partial charge is 0.364 e. The molecule has 2 N–H and O–H groups in total. The minimum atomic E-state index is -0.572. The lowest BCUT2D eigenvalue weighted by Gasteiger charge is -2.07. The molecule has 92 valence electrons. The first-order chi connectivity index (χ1) is 9.25. The van der Waals surface area contributed by atoms with Gasteiger partial charge in [-0.05, 0) is 12.1 Å². The van der Waals surface area contributed by atoms with E-state index in [1.165, 1.54) is 0 Å². The van der Waals surface area contributed by atoms with Crippen molar-refractivity contribution < 1.29 is 4.79 Å². The van der Waals surface area contributed by atoms with E-state index in [0.717, 1.165) is 11.1 Å². The van der Waals surface area contributed by atoms with Crippen LogP contribution in [0.1, 0.15) is 10.5 Å². The van der Waals surface area contributed by atoms with Gasteiger partial charge in [0, 0.05) is 5.56 Å². The fourth-order valence-corrected chi connectivity index (χ4v) is 1.97. The molecule has 0 bridgehead atoms. The maximum Gasteiger partial charge on any atom is 0.269 e. The Kier molecular flexibility index (Phi) is 2.68. The average molecular weight is 249 g/mol. The third kappa shape index (κ3) is 2.04. The van der Waals surface area contributed by atoms with Gasteiger partial charge in [-0.25, -0.2) is 9.97 Å². The van der Waals surface area contributed by atoms with E-state index >= 15 is 0 Å². The van der Waals surface area contributed by atoms with Crippen LogP contribution in [-0.2, 0) is 0 Å². The molecular weight excluding hydrogens is 238 g/mol. The lowest BCUT2D eigenvalue weighted by atomic mass is 10.1. The van der Waals surface area contributed by atoms with Crippen LogP contribution in [0.5, 0.6) is 0 Å². The maximum atomic E-state index is 11.6. The van der Waals surface area contributed by atoms with Crippen molar-refractivity contribution in [1.82, 2.24) is 9.97 Å². The van der Waals surface area contributed by atoms with Gasteiger partial charge in [-0.3, -0.25) is 4.79 Å². The predicted molar refractivity (Wildman–Crippen MR) is 73.5 cm³/mol. The normalized spacial score (nSPS) is 10.5. The number of hydrogen-bond acceptors (Lipinski definition) is 3. The van der Waals surface area contributed by atoms with Gasteiger partial charge < -0.3 is 5.73 Å². The second-order valence-corrected chi connectivity index (χ2v) is 4.14. The Bertz CT molecular complexity index is 754. The number of hydrogen-bond donors (Lipinski definition) is 1. The molecule has 3 aromatic rings. The summed E-state index contributed by atoms with van der Waals surface area (Å²) in [6.07, 6.45) is 0. The number of primary amides is 1. The van der Waals surface area contributed by atoms with Gasteiger partial charge in [-0.1, -0.05) is 42.5 Å². The fraction of sp³-hybridized carbons (Fsp3) is 0. The molecular formula is C15H11N3O. The standard InChI is InChI=1S/C15H11N3O/c16-15(19)14-13(10-6-2-1-3-7-10)17-11-8-4-5-9-12(11)18-14/h1-9H,(H2,16,19).